The number of carbonyl (C=O) groups excluding carboxylic acids is 3. The number of benzene rings is 1. The molecule has 10 heteroatoms. The third-order valence-corrected chi connectivity index (χ3v) is 8.82. The highest BCUT2D eigenvalue weighted by Crippen LogP contribution is 2.49. The van der Waals surface area contributed by atoms with Gasteiger partial charge in [0.1, 0.15) is 17.8 Å². The second-order valence-electron chi connectivity index (χ2n) is 14.7. The van der Waals surface area contributed by atoms with Crippen molar-refractivity contribution in [2.24, 2.45) is 23.7 Å². The summed E-state index contributed by atoms with van der Waals surface area (Å²) in [4.78, 5) is 38.1. The molecule has 0 bridgehead atoms. The lowest BCUT2D eigenvalue weighted by molar-refractivity contribution is 0.0164. The SMILES string of the molecule is C[C@H]1C[C@@]2(NC(=O)OC(C)(C)C)CN(C(=O)OCc3ccccc3)C[C@@H]12.C[C@H]1C[C@@]2(NC(=O)OC(C)(C)C)CNC[C@@H]12. The number of alkyl carbamates (subject to hydrolysis) is 2. The molecule has 4 fully saturated rings. The number of likely N-dealkylation sites (tertiary alicyclic amines) is 1. The number of fused-ring (bicyclic) bond motifs is 2. The molecular formula is C32H50N4O6. The molecule has 0 radical (unpaired) electrons. The smallest absolute Gasteiger partial charge is 0.410 e. The third-order valence-electron chi connectivity index (χ3n) is 8.82. The number of rotatable bonds is 4. The second-order valence-corrected chi connectivity index (χ2v) is 14.7. The van der Waals surface area contributed by atoms with Crippen LogP contribution >= 0.6 is 0 Å². The molecule has 4 aliphatic rings. The van der Waals surface area contributed by atoms with Gasteiger partial charge in [-0.05, 0) is 77.7 Å². The lowest BCUT2D eigenvalue weighted by Crippen LogP contribution is -2.64. The van der Waals surface area contributed by atoms with Gasteiger partial charge in [0, 0.05) is 32.1 Å². The van der Waals surface area contributed by atoms with Crippen molar-refractivity contribution in [3.05, 3.63) is 35.9 Å². The second kappa shape index (κ2) is 11.9. The van der Waals surface area contributed by atoms with Gasteiger partial charge in [0.2, 0.25) is 0 Å². The Hall–Kier alpha value is -3.01. The summed E-state index contributed by atoms with van der Waals surface area (Å²) in [5.41, 5.74) is -0.441. The van der Waals surface area contributed by atoms with Crippen molar-refractivity contribution in [1.29, 1.82) is 0 Å². The van der Waals surface area contributed by atoms with E-state index in [9.17, 15) is 14.4 Å². The van der Waals surface area contributed by atoms with E-state index in [0.717, 1.165) is 31.5 Å². The Kier molecular flexibility index (Phi) is 9.07. The summed E-state index contributed by atoms with van der Waals surface area (Å²) in [6.07, 6.45) is 0.867. The molecule has 42 heavy (non-hydrogen) atoms. The van der Waals surface area contributed by atoms with Crippen LogP contribution in [0.1, 0.15) is 73.8 Å². The molecule has 2 heterocycles. The monoisotopic (exact) mass is 586 g/mol. The Morgan fingerprint density at radius 2 is 1.43 bits per heavy atom. The molecule has 3 N–H and O–H groups in total. The highest BCUT2D eigenvalue weighted by molar-refractivity contribution is 5.72. The summed E-state index contributed by atoms with van der Waals surface area (Å²) < 4.78 is 16.1. The predicted molar refractivity (Wildman–Crippen MR) is 160 cm³/mol. The number of hydrogen-bond acceptors (Lipinski definition) is 7. The maximum atomic E-state index is 12.5. The van der Waals surface area contributed by atoms with Gasteiger partial charge in [0.15, 0.2) is 0 Å². The molecular weight excluding hydrogens is 536 g/mol. The molecule has 2 aliphatic heterocycles. The van der Waals surface area contributed by atoms with Crippen molar-refractivity contribution in [1.82, 2.24) is 20.9 Å². The van der Waals surface area contributed by atoms with E-state index in [1.165, 1.54) is 0 Å². The van der Waals surface area contributed by atoms with Crippen molar-refractivity contribution in [2.75, 3.05) is 26.2 Å². The standard InChI is InChI=1S/C20H28N2O4.C12H22N2O2/c1-14-10-20(21-17(23)26-19(2,3)4)13-22(11-16(14)20)18(24)25-12-15-8-6-5-7-9-15;1-8-5-12(7-13-6-9(8)12)14-10(15)16-11(2,3)4/h5-9,14,16H,10-13H2,1-4H3,(H,21,23);8-9,13H,5-7H2,1-4H3,(H,14,15)/t14-,16-,20+;8-,9-,12+/m00/s1. The first kappa shape index (κ1) is 31.9. The lowest BCUT2D eigenvalue weighted by Gasteiger charge is -2.49. The van der Waals surface area contributed by atoms with Crippen LogP contribution in [0.5, 0.6) is 0 Å². The molecule has 0 unspecified atom stereocenters. The quantitative estimate of drug-likeness (QED) is 0.422. The number of carbonyl (C=O) groups is 3. The van der Waals surface area contributed by atoms with E-state index >= 15 is 0 Å². The molecule has 1 aromatic carbocycles. The van der Waals surface area contributed by atoms with Crippen LogP contribution in [-0.4, -0.2) is 71.6 Å². The van der Waals surface area contributed by atoms with Gasteiger partial charge < -0.3 is 35.1 Å². The number of amides is 3. The Labute approximate surface area is 250 Å². The molecule has 3 amide bonds. The zero-order valence-electron chi connectivity index (χ0n) is 26.5. The number of nitrogens with one attached hydrogen (secondary N) is 3. The van der Waals surface area contributed by atoms with Crippen LogP contribution in [-0.2, 0) is 20.8 Å². The van der Waals surface area contributed by atoms with E-state index in [2.05, 4.69) is 29.8 Å². The summed E-state index contributed by atoms with van der Waals surface area (Å²) in [7, 11) is 0. The molecule has 6 atom stereocenters. The molecule has 0 aromatic heterocycles. The van der Waals surface area contributed by atoms with E-state index < -0.39 is 22.8 Å². The fraction of sp³-hybridized carbons (Fsp3) is 0.719. The highest BCUT2D eigenvalue weighted by atomic mass is 16.6. The largest absolute Gasteiger partial charge is 0.445 e. The number of nitrogens with zero attached hydrogens (tertiary/aromatic N) is 1. The van der Waals surface area contributed by atoms with Crippen molar-refractivity contribution in [3.63, 3.8) is 0 Å². The zero-order valence-corrected chi connectivity index (χ0v) is 26.5. The summed E-state index contributed by atoms with van der Waals surface area (Å²) in [5.74, 6) is 1.96. The first-order valence-electron chi connectivity index (χ1n) is 15.2. The predicted octanol–water partition coefficient (Wildman–Crippen LogP) is 5.07. The van der Waals surface area contributed by atoms with Crippen molar-refractivity contribution >= 4 is 18.3 Å². The van der Waals surface area contributed by atoms with Gasteiger partial charge in [-0.1, -0.05) is 44.2 Å². The van der Waals surface area contributed by atoms with Crippen LogP contribution < -0.4 is 16.0 Å². The molecule has 2 saturated carbocycles. The van der Waals surface area contributed by atoms with Gasteiger partial charge in [-0.15, -0.1) is 0 Å². The van der Waals surface area contributed by atoms with E-state index in [1.54, 1.807) is 4.90 Å². The Morgan fingerprint density at radius 1 is 0.881 bits per heavy atom. The minimum absolute atomic E-state index is 0.0399. The van der Waals surface area contributed by atoms with Crippen molar-refractivity contribution in [2.45, 2.75) is 97.1 Å². The molecule has 2 aliphatic carbocycles. The fourth-order valence-electron chi connectivity index (χ4n) is 7.07. The minimum Gasteiger partial charge on any atom is -0.445 e. The minimum atomic E-state index is -0.543. The average molecular weight is 587 g/mol. The van der Waals surface area contributed by atoms with E-state index in [0.29, 0.717) is 30.8 Å². The van der Waals surface area contributed by atoms with E-state index in [4.69, 9.17) is 14.2 Å². The maximum Gasteiger partial charge on any atom is 0.410 e. The summed E-state index contributed by atoms with van der Waals surface area (Å²) in [6, 6.07) is 9.61. The average Bonchev–Trinajstić information content (AvgIpc) is 3.34. The van der Waals surface area contributed by atoms with E-state index in [-0.39, 0.29) is 30.3 Å². The van der Waals surface area contributed by atoms with Crippen LogP contribution in [0, 0.1) is 23.7 Å². The fourth-order valence-corrected chi connectivity index (χ4v) is 7.07. The first-order valence-corrected chi connectivity index (χ1v) is 15.2. The molecule has 234 valence electrons. The lowest BCUT2D eigenvalue weighted by atomic mass is 9.61. The van der Waals surface area contributed by atoms with Crippen LogP contribution in [0.4, 0.5) is 14.4 Å². The Bertz CT molecular complexity index is 1130. The van der Waals surface area contributed by atoms with Crippen molar-refractivity contribution < 1.29 is 28.6 Å². The topological polar surface area (TPSA) is 118 Å². The van der Waals surface area contributed by atoms with Gasteiger partial charge in [0.25, 0.3) is 0 Å². The van der Waals surface area contributed by atoms with Gasteiger partial charge in [-0.2, -0.15) is 0 Å². The van der Waals surface area contributed by atoms with Crippen molar-refractivity contribution in [3.8, 4) is 0 Å². The van der Waals surface area contributed by atoms with Gasteiger partial charge in [-0.3, -0.25) is 0 Å². The number of ether oxygens (including phenoxy) is 3. The number of hydrogen-bond donors (Lipinski definition) is 3. The normalized spacial score (nSPS) is 31.2. The molecule has 5 rings (SSSR count). The molecule has 10 nitrogen and oxygen atoms in total. The molecule has 1 aromatic rings. The van der Waals surface area contributed by atoms with Gasteiger partial charge in [0.05, 0.1) is 11.1 Å². The van der Waals surface area contributed by atoms with E-state index in [1.807, 2.05) is 71.9 Å². The summed E-state index contributed by atoms with van der Waals surface area (Å²) in [5, 5.41) is 9.44. The Morgan fingerprint density at radius 3 is 1.98 bits per heavy atom. The maximum absolute atomic E-state index is 12.5. The first-order chi connectivity index (χ1) is 19.5. The Balaban J connectivity index is 0.000000216. The summed E-state index contributed by atoms with van der Waals surface area (Å²) in [6.45, 7) is 18.8. The summed E-state index contributed by atoms with van der Waals surface area (Å²) >= 11 is 0. The van der Waals surface area contributed by atoms with Crippen LogP contribution in [0.3, 0.4) is 0 Å². The highest BCUT2D eigenvalue weighted by Gasteiger charge is 2.59. The molecule has 0 spiro atoms. The molecule has 2 saturated heterocycles. The zero-order chi connectivity index (χ0) is 30.9. The van der Waals surface area contributed by atoms with Crippen LogP contribution in [0.15, 0.2) is 30.3 Å². The van der Waals surface area contributed by atoms with Crippen LogP contribution in [0.25, 0.3) is 0 Å². The van der Waals surface area contributed by atoms with Crippen LogP contribution in [0.2, 0.25) is 0 Å². The third kappa shape index (κ3) is 7.49. The van der Waals surface area contributed by atoms with Gasteiger partial charge in [-0.25, -0.2) is 14.4 Å². The van der Waals surface area contributed by atoms with Gasteiger partial charge >= 0.3 is 18.3 Å².